The summed E-state index contributed by atoms with van der Waals surface area (Å²) in [5.74, 6) is 0.933. The van der Waals surface area contributed by atoms with Crippen LogP contribution in [0.3, 0.4) is 0 Å². The Labute approximate surface area is 117 Å². The lowest BCUT2D eigenvalue weighted by atomic mass is 10.2. The number of thiazole rings is 1. The van der Waals surface area contributed by atoms with Gasteiger partial charge in [-0.2, -0.15) is 0 Å². The van der Waals surface area contributed by atoms with Gasteiger partial charge in [-0.05, 0) is 25.5 Å². The normalized spacial score (nSPS) is 19.9. The Morgan fingerprint density at radius 2 is 2.32 bits per heavy atom. The largest absolute Gasteiger partial charge is 0.288 e. The summed E-state index contributed by atoms with van der Waals surface area (Å²) in [6.07, 6.45) is 7.12. The predicted molar refractivity (Wildman–Crippen MR) is 75.9 cm³/mol. The van der Waals surface area contributed by atoms with E-state index in [2.05, 4.69) is 32.2 Å². The fourth-order valence-corrected chi connectivity index (χ4v) is 3.41. The van der Waals surface area contributed by atoms with Crippen LogP contribution in [0, 0.1) is 0 Å². The molecule has 1 aliphatic rings. The van der Waals surface area contributed by atoms with Gasteiger partial charge in [-0.15, -0.1) is 11.3 Å². The Bertz CT molecular complexity index is 526. The molecule has 1 unspecified atom stereocenters. The van der Waals surface area contributed by atoms with Gasteiger partial charge in [0, 0.05) is 30.7 Å². The lowest BCUT2D eigenvalue weighted by Gasteiger charge is -2.22. The average Bonchev–Trinajstić information content (AvgIpc) is 3.09. The predicted octanol–water partition coefficient (Wildman–Crippen LogP) is 2.83. The highest BCUT2D eigenvalue weighted by Gasteiger charge is 2.27. The van der Waals surface area contributed by atoms with E-state index in [0.717, 1.165) is 31.0 Å². The molecule has 5 heteroatoms. The molecule has 19 heavy (non-hydrogen) atoms. The number of aryl methyl sites for hydroxylation is 1. The monoisotopic (exact) mass is 274 g/mol. The van der Waals surface area contributed by atoms with Crippen molar-refractivity contribution in [2.24, 2.45) is 0 Å². The molecule has 0 saturated carbocycles. The summed E-state index contributed by atoms with van der Waals surface area (Å²) in [6, 6.07) is 2.50. The fourth-order valence-electron chi connectivity index (χ4n) is 2.60. The van der Waals surface area contributed by atoms with Crippen molar-refractivity contribution in [2.75, 3.05) is 6.54 Å². The third-order valence-electron chi connectivity index (χ3n) is 3.54. The minimum Gasteiger partial charge on any atom is -0.288 e. The van der Waals surface area contributed by atoms with E-state index in [1.807, 2.05) is 18.5 Å². The van der Waals surface area contributed by atoms with Crippen molar-refractivity contribution in [3.8, 4) is 0 Å². The van der Waals surface area contributed by atoms with Crippen LogP contribution in [0.5, 0.6) is 0 Å². The molecule has 0 bridgehead atoms. The summed E-state index contributed by atoms with van der Waals surface area (Å²) in [6.45, 7) is 4.13. The van der Waals surface area contributed by atoms with Crippen LogP contribution in [0.25, 0.3) is 0 Å². The van der Waals surface area contributed by atoms with E-state index in [0.29, 0.717) is 6.04 Å². The zero-order chi connectivity index (χ0) is 13.1. The van der Waals surface area contributed by atoms with Crippen LogP contribution in [0.15, 0.2) is 23.8 Å². The van der Waals surface area contributed by atoms with Crippen molar-refractivity contribution in [1.82, 2.24) is 19.9 Å². The highest BCUT2D eigenvalue weighted by atomic mass is 32.1. The molecule has 0 N–H and O–H groups in total. The Morgan fingerprint density at radius 3 is 3.11 bits per heavy atom. The van der Waals surface area contributed by atoms with E-state index in [1.165, 1.54) is 17.8 Å². The summed E-state index contributed by atoms with van der Waals surface area (Å²) >= 11 is 1.76. The lowest BCUT2D eigenvalue weighted by molar-refractivity contribution is 0.245. The van der Waals surface area contributed by atoms with Crippen LogP contribution >= 0.6 is 11.3 Å². The highest BCUT2D eigenvalue weighted by molar-refractivity contribution is 7.09. The molecule has 1 saturated heterocycles. The molecule has 0 spiro atoms. The van der Waals surface area contributed by atoms with Gasteiger partial charge >= 0.3 is 0 Å². The number of likely N-dealkylation sites (tertiary alicyclic amines) is 1. The van der Waals surface area contributed by atoms with Gasteiger partial charge in [-0.3, -0.25) is 4.90 Å². The number of aromatic nitrogens is 3. The van der Waals surface area contributed by atoms with Gasteiger partial charge in [0.1, 0.15) is 10.8 Å². The van der Waals surface area contributed by atoms with Crippen molar-refractivity contribution in [2.45, 2.75) is 38.8 Å². The number of hydrogen-bond donors (Lipinski definition) is 0. The summed E-state index contributed by atoms with van der Waals surface area (Å²) in [7, 11) is 0. The number of nitrogens with zero attached hydrogens (tertiary/aromatic N) is 4. The van der Waals surface area contributed by atoms with E-state index in [4.69, 9.17) is 0 Å². The Hall–Kier alpha value is -1.33. The molecule has 4 nitrogen and oxygen atoms in total. The van der Waals surface area contributed by atoms with Crippen LogP contribution in [0.1, 0.15) is 42.3 Å². The SMILES string of the molecule is CCc1nccc(CN2CCCC2c2nccs2)n1. The summed E-state index contributed by atoms with van der Waals surface area (Å²) < 4.78 is 0. The minimum atomic E-state index is 0.472. The van der Waals surface area contributed by atoms with Gasteiger partial charge < -0.3 is 0 Å². The molecule has 100 valence electrons. The molecule has 0 radical (unpaired) electrons. The zero-order valence-corrected chi connectivity index (χ0v) is 11.9. The minimum absolute atomic E-state index is 0.472. The lowest BCUT2D eigenvalue weighted by Crippen LogP contribution is -2.23. The first-order chi connectivity index (χ1) is 9.36. The number of rotatable bonds is 4. The molecule has 1 fully saturated rings. The quantitative estimate of drug-likeness (QED) is 0.859. The maximum atomic E-state index is 4.60. The second kappa shape index (κ2) is 5.75. The Morgan fingerprint density at radius 1 is 1.37 bits per heavy atom. The van der Waals surface area contributed by atoms with Crippen LogP contribution in [-0.2, 0) is 13.0 Å². The van der Waals surface area contributed by atoms with Crippen LogP contribution in [-0.4, -0.2) is 26.4 Å². The van der Waals surface area contributed by atoms with Crippen LogP contribution in [0.4, 0.5) is 0 Å². The molecule has 3 heterocycles. The second-order valence-electron chi connectivity index (χ2n) is 4.82. The van der Waals surface area contributed by atoms with Gasteiger partial charge in [0.15, 0.2) is 0 Å². The van der Waals surface area contributed by atoms with Gasteiger partial charge in [-0.25, -0.2) is 15.0 Å². The maximum Gasteiger partial charge on any atom is 0.128 e. The smallest absolute Gasteiger partial charge is 0.128 e. The topological polar surface area (TPSA) is 41.9 Å². The molecule has 1 aliphatic heterocycles. The zero-order valence-electron chi connectivity index (χ0n) is 11.1. The molecular weight excluding hydrogens is 256 g/mol. The molecule has 2 aromatic heterocycles. The fraction of sp³-hybridized carbons (Fsp3) is 0.500. The van der Waals surface area contributed by atoms with E-state index in [1.54, 1.807) is 11.3 Å². The molecule has 1 atom stereocenters. The first-order valence-corrected chi connectivity index (χ1v) is 7.69. The summed E-state index contributed by atoms with van der Waals surface area (Å²) in [5.41, 5.74) is 1.12. The van der Waals surface area contributed by atoms with Crippen molar-refractivity contribution >= 4 is 11.3 Å². The maximum absolute atomic E-state index is 4.60. The molecule has 0 amide bonds. The summed E-state index contributed by atoms with van der Waals surface area (Å²) in [5, 5.41) is 3.30. The van der Waals surface area contributed by atoms with Crippen LogP contribution < -0.4 is 0 Å². The molecular formula is C14H18N4S. The van der Waals surface area contributed by atoms with E-state index in [9.17, 15) is 0 Å². The number of hydrogen-bond acceptors (Lipinski definition) is 5. The standard InChI is InChI=1S/C14H18N4S/c1-2-13-15-6-5-11(17-13)10-18-8-3-4-12(18)14-16-7-9-19-14/h5-7,9,12H,2-4,8,10H2,1H3. The van der Waals surface area contributed by atoms with E-state index < -0.39 is 0 Å². The molecule has 3 rings (SSSR count). The molecule has 2 aromatic rings. The van der Waals surface area contributed by atoms with Crippen molar-refractivity contribution in [3.63, 3.8) is 0 Å². The molecule has 0 aromatic carbocycles. The molecule has 0 aliphatic carbocycles. The Balaban J connectivity index is 1.74. The van der Waals surface area contributed by atoms with Gasteiger partial charge in [-0.1, -0.05) is 6.92 Å². The van der Waals surface area contributed by atoms with Crippen LogP contribution in [0.2, 0.25) is 0 Å². The average molecular weight is 274 g/mol. The second-order valence-corrected chi connectivity index (χ2v) is 5.74. The van der Waals surface area contributed by atoms with Crippen molar-refractivity contribution in [1.29, 1.82) is 0 Å². The third-order valence-corrected chi connectivity index (χ3v) is 4.42. The first-order valence-electron chi connectivity index (χ1n) is 6.81. The third kappa shape index (κ3) is 2.82. The van der Waals surface area contributed by atoms with Gasteiger partial charge in [0.25, 0.3) is 0 Å². The Kier molecular flexibility index (Phi) is 3.84. The van der Waals surface area contributed by atoms with E-state index >= 15 is 0 Å². The van der Waals surface area contributed by atoms with E-state index in [-0.39, 0.29) is 0 Å². The highest BCUT2D eigenvalue weighted by Crippen LogP contribution is 2.33. The first kappa shape index (κ1) is 12.7. The van der Waals surface area contributed by atoms with Gasteiger partial charge in [0.05, 0.1) is 11.7 Å². The van der Waals surface area contributed by atoms with Crippen molar-refractivity contribution < 1.29 is 0 Å². The van der Waals surface area contributed by atoms with Crippen molar-refractivity contribution in [3.05, 3.63) is 40.4 Å². The van der Waals surface area contributed by atoms with Gasteiger partial charge in [0.2, 0.25) is 0 Å². The summed E-state index contributed by atoms with van der Waals surface area (Å²) in [4.78, 5) is 15.8.